The maximum Gasteiger partial charge on any atom is 0.162 e. The lowest BCUT2D eigenvalue weighted by atomic mass is 10.1. The third-order valence-corrected chi connectivity index (χ3v) is 5.52. The van der Waals surface area contributed by atoms with E-state index in [0.29, 0.717) is 19.8 Å². The number of ether oxygens (including phenoxy) is 2. The van der Waals surface area contributed by atoms with Crippen LogP contribution in [-0.2, 0) is 13.2 Å². The molecule has 1 N–H and O–H groups in total. The van der Waals surface area contributed by atoms with Crippen molar-refractivity contribution < 1.29 is 9.47 Å². The molecule has 0 aliphatic rings. The van der Waals surface area contributed by atoms with E-state index in [2.05, 4.69) is 68.4 Å². The van der Waals surface area contributed by atoms with Gasteiger partial charge in [-0.05, 0) is 61.4 Å². The number of hydrogen-bond donors (Lipinski definition) is 1. The fourth-order valence-electron chi connectivity index (χ4n) is 2.70. The maximum atomic E-state index is 6.05. The standard InChI is InChI=1S/C23H23Br2NO2/c1-3-27-22-12-18(14-26-20-10-8-19(24)9-11-20)21(25)13-23(22)28-15-17-6-4-16(2)5-7-17/h4-13,26H,3,14-15H2,1-2H3. The summed E-state index contributed by atoms with van der Waals surface area (Å²) >= 11 is 7.13. The third kappa shape index (κ3) is 5.76. The average molecular weight is 505 g/mol. The molecule has 0 saturated heterocycles. The Morgan fingerprint density at radius 2 is 1.54 bits per heavy atom. The van der Waals surface area contributed by atoms with Crippen molar-refractivity contribution in [1.29, 1.82) is 0 Å². The minimum atomic E-state index is 0.503. The summed E-state index contributed by atoms with van der Waals surface area (Å²) in [7, 11) is 0. The van der Waals surface area contributed by atoms with Crippen molar-refractivity contribution in [3.8, 4) is 11.5 Å². The molecule has 0 heterocycles. The van der Waals surface area contributed by atoms with E-state index in [4.69, 9.17) is 9.47 Å². The molecule has 0 aliphatic heterocycles. The summed E-state index contributed by atoms with van der Waals surface area (Å²) in [5.41, 5.74) is 4.54. The number of anilines is 1. The minimum Gasteiger partial charge on any atom is -0.490 e. The number of rotatable bonds is 8. The van der Waals surface area contributed by atoms with Crippen LogP contribution >= 0.6 is 31.9 Å². The molecule has 3 aromatic rings. The van der Waals surface area contributed by atoms with Crippen LogP contribution in [0.4, 0.5) is 5.69 Å². The van der Waals surface area contributed by atoms with Crippen LogP contribution in [0.2, 0.25) is 0 Å². The fraction of sp³-hybridized carbons (Fsp3) is 0.217. The first kappa shape index (κ1) is 20.7. The Morgan fingerprint density at radius 3 is 2.21 bits per heavy atom. The topological polar surface area (TPSA) is 30.5 Å². The van der Waals surface area contributed by atoms with Crippen molar-refractivity contribution >= 4 is 37.5 Å². The maximum absolute atomic E-state index is 6.05. The number of aryl methyl sites for hydroxylation is 1. The highest BCUT2D eigenvalue weighted by Gasteiger charge is 2.11. The minimum absolute atomic E-state index is 0.503. The molecule has 0 unspecified atom stereocenters. The Labute approximate surface area is 183 Å². The van der Waals surface area contributed by atoms with Crippen molar-refractivity contribution in [2.45, 2.75) is 27.0 Å². The highest BCUT2D eigenvalue weighted by Crippen LogP contribution is 2.35. The Morgan fingerprint density at radius 1 is 0.857 bits per heavy atom. The molecule has 0 spiro atoms. The predicted octanol–water partition coefficient (Wildman–Crippen LogP) is 7.11. The highest BCUT2D eigenvalue weighted by molar-refractivity contribution is 9.10. The second-order valence-corrected chi connectivity index (χ2v) is 8.23. The fourth-order valence-corrected chi connectivity index (χ4v) is 3.43. The summed E-state index contributed by atoms with van der Waals surface area (Å²) in [6.07, 6.45) is 0. The van der Waals surface area contributed by atoms with Gasteiger partial charge < -0.3 is 14.8 Å². The van der Waals surface area contributed by atoms with Crippen LogP contribution in [0.3, 0.4) is 0 Å². The van der Waals surface area contributed by atoms with Crippen LogP contribution in [-0.4, -0.2) is 6.61 Å². The first-order valence-corrected chi connectivity index (χ1v) is 10.8. The molecule has 0 aromatic heterocycles. The van der Waals surface area contributed by atoms with Gasteiger partial charge in [-0.25, -0.2) is 0 Å². The van der Waals surface area contributed by atoms with E-state index < -0.39 is 0 Å². The summed E-state index contributed by atoms with van der Waals surface area (Å²) in [5, 5.41) is 3.43. The summed E-state index contributed by atoms with van der Waals surface area (Å²) < 4.78 is 13.9. The van der Waals surface area contributed by atoms with Gasteiger partial charge in [-0.2, -0.15) is 0 Å². The van der Waals surface area contributed by atoms with Gasteiger partial charge in [0.25, 0.3) is 0 Å². The first-order valence-electron chi connectivity index (χ1n) is 9.18. The van der Waals surface area contributed by atoms with Gasteiger partial charge in [0, 0.05) is 21.2 Å². The summed E-state index contributed by atoms with van der Waals surface area (Å²) in [6.45, 7) is 5.83. The molecule has 0 amide bonds. The van der Waals surface area contributed by atoms with Crippen LogP contribution in [0.15, 0.2) is 69.6 Å². The molecule has 3 aromatic carbocycles. The van der Waals surface area contributed by atoms with E-state index >= 15 is 0 Å². The summed E-state index contributed by atoms with van der Waals surface area (Å²) in [6, 6.07) is 20.5. The van der Waals surface area contributed by atoms with Gasteiger partial charge in [0.2, 0.25) is 0 Å². The molecular formula is C23H23Br2NO2. The summed E-state index contributed by atoms with van der Waals surface area (Å²) in [5.74, 6) is 1.49. The van der Waals surface area contributed by atoms with Crippen LogP contribution < -0.4 is 14.8 Å². The molecular weight excluding hydrogens is 482 g/mol. The Hall–Kier alpha value is -1.98. The lowest BCUT2D eigenvalue weighted by Gasteiger charge is -2.16. The average Bonchev–Trinajstić information content (AvgIpc) is 2.69. The predicted molar refractivity (Wildman–Crippen MR) is 122 cm³/mol. The molecule has 28 heavy (non-hydrogen) atoms. The molecule has 0 saturated carbocycles. The molecule has 3 nitrogen and oxygen atoms in total. The number of hydrogen-bond acceptors (Lipinski definition) is 3. The normalized spacial score (nSPS) is 10.6. The zero-order chi connectivity index (χ0) is 19.9. The van der Waals surface area contributed by atoms with Gasteiger partial charge in [-0.15, -0.1) is 0 Å². The molecule has 0 fully saturated rings. The van der Waals surface area contributed by atoms with Crippen LogP contribution in [0, 0.1) is 6.92 Å². The molecule has 0 bridgehead atoms. The largest absolute Gasteiger partial charge is 0.490 e. The molecule has 146 valence electrons. The van der Waals surface area contributed by atoms with Gasteiger partial charge >= 0.3 is 0 Å². The van der Waals surface area contributed by atoms with Gasteiger partial charge in [-0.3, -0.25) is 0 Å². The second kappa shape index (κ2) is 9.99. The smallest absolute Gasteiger partial charge is 0.162 e. The van der Waals surface area contributed by atoms with E-state index in [1.807, 2.05) is 43.3 Å². The van der Waals surface area contributed by atoms with Crippen molar-refractivity contribution in [1.82, 2.24) is 0 Å². The van der Waals surface area contributed by atoms with Gasteiger partial charge in [-0.1, -0.05) is 61.7 Å². The zero-order valence-corrected chi connectivity index (χ0v) is 19.1. The van der Waals surface area contributed by atoms with E-state index in [0.717, 1.165) is 37.3 Å². The van der Waals surface area contributed by atoms with Crippen LogP contribution in [0.5, 0.6) is 11.5 Å². The Bertz CT molecular complexity index is 909. The van der Waals surface area contributed by atoms with E-state index in [1.54, 1.807) is 0 Å². The van der Waals surface area contributed by atoms with Crippen LogP contribution in [0.25, 0.3) is 0 Å². The summed E-state index contributed by atoms with van der Waals surface area (Å²) in [4.78, 5) is 0. The van der Waals surface area contributed by atoms with Crippen molar-refractivity contribution in [2.24, 2.45) is 0 Å². The lowest BCUT2D eigenvalue weighted by Crippen LogP contribution is -2.04. The number of halogens is 2. The first-order chi connectivity index (χ1) is 13.5. The van der Waals surface area contributed by atoms with Crippen molar-refractivity contribution in [3.05, 3.63) is 86.3 Å². The van der Waals surface area contributed by atoms with Crippen LogP contribution in [0.1, 0.15) is 23.6 Å². The molecule has 0 aliphatic carbocycles. The molecule has 0 radical (unpaired) electrons. The quantitative estimate of drug-likeness (QED) is 0.354. The Kier molecular flexibility index (Phi) is 7.40. The second-order valence-electron chi connectivity index (χ2n) is 6.46. The monoisotopic (exact) mass is 503 g/mol. The number of nitrogens with one attached hydrogen (secondary N) is 1. The lowest BCUT2D eigenvalue weighted by molar-refractivity contribution is 0.269. The van der Waals surface area contributed by atoms with E-state index in [-0.39, 0.29) is 0 Å². The van der Waals surface area contributed by atoms with Crippen molar-refractivity contribution in [3.63, 3.8) is 0 Å². The van der Waals surface area contributed by atoms with E-state index in [9.17, 15) is 0 Å². The Balaban J connectivity index is 1.72. The zero-order valence-electron chi connectivity index (χ0n) is 16.0. The van der Waals surface area contributed by atoms with Crippen molar-refractivity contribution in [2.75, 3.05) is 11.9 Å². The number of benzene rings is 3. The SMILES string of the molecule is CCOc1cc(CNc2ccc(Br)cc2)c(Br)cc1OCc1ccc(C)cc1. The van der Waals surface area contributed by atoms with Gasteiger partial charge in [0.05, 0.1) is 6.61 Å². The van der Waals surface area contributed by atoms with E-state index in [1.165, 1.54) is 5.56 Å². The molecule has 3 rings (SSSR count). The van der Waals surface area contributed by atoms with Gasteiger partial charge in [0.15, 0.2) is 11.5 Å². The highest BCUT2D eigenvalue weighted by atomic mass is 79.9. The van der Waals surface area contributed by atoms with Gasteiger partial charge in [0.1, 0.15) is 6.61 Å². The molecule has 5 heteroatoms. The molecule has 0 atom stereocenters. The third-order valence-electron chi connectivity index (χ3n) is 4.25.